The van der Waals surface area contributed by atoms with Gasteiger partial charge in [0.25, 0.3) is 5.91 Å². The molecule has 1 saturated heterocycles. The molecule has 0 radical (unpaired) electrons. The number of benzene rings is 1. The number of ether oxygens (including phenoxy) is 2. The van der Waals surface area contributed by atoms with Crippen LogP contribution in [0.15, 0.2) is 64.5 Å². The van der Waals surface area contributed by atoms with E-state index in [4.69, 9.17) is 13.9 Å². The molecule has 0 aliphatic carbocycles. The highest BCUT2D eigenvalue weighted by atomic mass is 16.5. The molecule has 1 fully saturated rings. The Bertz CT molecular complexity index is 1020. The average Bonchev–Trinajstić information content (AvgIpc) is 3.43. The molecule has 1 aromatic carbocycles. The Kier molecular flexibility index (Phi) is 6.72. The van der Waals surface area contributed by atoms with Gasteiger partial charge < -0.3 is 23.9 Å². The van der Waals surface area contributed by atoms with E-state index in [1.807, 2.05) is 12.1 Å². The molecule has 0 saturated carbocycles. The van der Waals surface area contributed by atoms with Crippen LogP contribution in [0.2, 0.25) is 0 Å². The molecule has 8 nitrogen and oxygen atoms in total. The second kappa shape index (κ2) is 9.84. The molecule has 2 aromatic rings. The SMILES string of the molecule is COc1ccccc1C1C(C(=O)C=Cc2ccco2)=C(O)C(=O)N1CCN1CCOCC1. The van der Waals surface area contributed by atoms with Crippen LogP contribution in [0.5, 0.6) is 5.75 Å². The minimum atomic E-state index is -0.756. The number of allylic oxidation sites excluding steroid dienone is 1. The first kappa shape index (κ1) is 21.9. The van der Waals surface area contributed by atoms with Crippen LogP contribution < -0.4 is 4.74 Å². The summed E-state index contributed by atoms with van der Waals surface area (Å²) in [5.41, 5.74) is 0.674. The van der Waals surface area contributed by atoms with Crippen molar-refractivity contribution in [1.82, 2.24) is 9.80 Å². The molecular weight excluding hydrogens is 412 g/mol. The van der Waals surface area contributed by atoms with Gasteiger partial charge in [0.2, 0.25) is 0 Å². The van der Waals surface area contributed by atoms with Crippen molar-refractivity contribution in [2.24, 2.45) is 0 Å². The number of amides is 1. The van der Waals surface area contributed by atoms with Crippen LogP contribution in [0.4, 0.5) is 0 Å². The molecule has 1 N–H and O–H groups in total. The summed E-state index contributed by atoms with van der Waals surface area (Å²) in [6.07, 6.45) is 4.33. The molecule has 2 aliphatic heterocycles. The van der Waals surface area contributed by atoms with E-state index in [1.54, 1.807) is 24.3 Å². The van der Waals surface area contributed by atoms with Crippen molar-refractivity contribution >= 4 is 17.8 Å². The smallest absolute Gasteiger partial charge is 0.290 e. The largest absolute Gasteiger partial charge is 0.503 e. The van der Waals surface area contributed by atoms with E-state index < -0.39 is 23.5 Å². The van der Waals surface area contributed by atoms with Crippen LogP contribution in [-0.4, -0.2) is 73.1 Å². The summed E-state index contributed by atoms with van der Waals surface area (Å²) in [5, 5.41) is 10.7. The molecule has 1 aromatic heterocycles. The molecule has 168 valence electrons. The lowest BCUT2D eigenvalue weighted by Gasteiger charge is -2.32. The van der Waals surface area contributed by atoms with Crippen molar-refractivity contribution in [1.29, 1.82) is 0 Å². The van der Waals surface area contributed by atoms with E-state index >= 15 is 0 Å². The Hall–Kier alpha value is -3.36. The standard InChI is InChI=1S/C24H26N2O6/c1-30-20-7-3-2-6-18(20)22-21(19(27)9-8-17-5-4-14-32-17)23(28)24(29)26(22)11-10-25-12-15-31-16-13-25/h2-9,14,22,28H,10-13,15-16H2,1H3. The number of nitrogens with zero attached hydrogens (tertiary/aromatic N) is 2. The third-order valence-electron chi connectivity index (χ3n) is 5.71. The number of aliphatic hydroxyl groups excluding tert-OH is 1. The summed E-state index contributed by atoms with van der Waals surface area (Å²) in [5.74, 6) is -0.518. The molecular formula is C24H26N2O6. The normalized spacial score (nSPS) is 19.8. The summed E-state index contributed by atoms with van der Waals surface area (Å²) in [6, 6.07) is 9.89. The highest BCUT2D eigenvalue weighted by Gasteiger charge is 2.43. The van der Waals surface area contributed by atoms with E-state index in [0.29, 0.717) is 43.4 Å². The molecule has 1 unspecified atom stereocenters. The van der Waals surface area contributed by atoms with Crippen molar-refractivity contribution < 1.29 is 28.6 Å². The van der Waals surface area contributed by atoms with Gasteiger partial charge in [0.1, 0.15) is 11.5 Å². The summed E-state index contributed by atoms with van der Waals surface area (Å²) >= 11 is 0. The molecule has 0 bridgehead atoms. The van der Waals surface area contributed by atoms with Crippen LogP contribution in [-0.2, 0) is 14.3 Å². The maximum Gasteiger partial charge on any atom is 0.290 e. The van der Waals surface area contributed by atoms with Gasteiger partial charge in [0, 0.05) is 31.7 Å². The zero-order chi connectivity index (χ0) is 22.5. The second-order valence-electron chi connectivity index (χ2n) is 7.57. The van der Waals surface area contributed by atoms with Crippen molar-refractivity contribution in [2.75, 3.05) is 46.5 Å². The molecule has 1 amide bonds. The van der Waals surface area contributed by atoms with Gasteiger partial charge in [-0.05, 0) is 30.4 Å². The molecule has 0 spiro atoms. The summed E-state index contributed by atoms with van der Waals surface area (Å²) in [4.78, 5) is 29.9. The fraction of sp³-hybridized carbons (Fsp3) is 0.333. The summed E-state index contributed by atoms with van der Waals surface area (Å²) < 4.78 is 16.1. The number of para-hydroxylation sites is 1. The first-order chi connectivity index (χ1) is 15.6. The van der Waals surface area contributed by atoms with E-state index in [2.05, 4.69) is 4.90 Å². The Morgan fingerprint density at radius 3 is 2.69 bits per heavy atom. The average molecular weight is 438 g/mol. The van der Waals surface area contributed by atoms with Crippen LogP contribution in [0.3, 0.4) is 0 Å². The van der Waals surface area contributed by atoms with Gasteiger partial charge in [-0.3, -0.25) is 14.5 Å². The maximum absolute atomic E-state index is 13.1. The lowest BCUT2D eigenvalue weighted by atomic mass is 9.95. The van der Waals surface area contributed by atoms with Gasteiger partial charge in [-0.25, -0.2) is 0 Å². The number of morpholine rings is 1. The molecule has 1 atom stereocenters. The van der Waals surface area contributed by atoms with Gasteiger partial charge in [-0.1, -0.05) is 18.2 Å². The van der Waals surface area contributed by atoms with Gasteiger partial charge >= 0.3 is 0 Å². The van der Waals surface area contributed by atoms with Crippen LogP contribution in [0.25, 0.3) is 6.08 Å². The molecule has 4 rings (SSSR count). The number of furan rings is 1. The Balaban J connectivity index is 1.66. The first-order valence-electron chi connectivity index (χ1n) is 10.5. The number of ketones is 1. The molecule has 32 heavy (non-hydrogen) atoms. The van der Waals surface area contributed by atoms with Crippen molar-refractivity contribution in [3.05, 3.63) is 71.4 Å². The van der Waals surface area contributed by atoms with Crippen LogP contribution in [0.1, 0.15) is 17.4 Å². The Labute approximate surface area is 186 Å². The molecule has 3 heterocycles. The highest BCUT2D eigenvalue weighted by Crippen LogP contribution is 2.41. The third kappa shape index (κ3) is 4.46. The minimum absolute atomic E-state index is 0.0317. The van der Waals surface area contributed by atoms with Gasteiger partial charge in [-0.15, -0.1) is 0 Å². The zero-order valence-corrected chi connectivity index (χ0v) is 17.9. The van der Waals surface area contributed by atoms with Crippen molar-refractivity contribution in [3.8, 4) is 5.75 Å². The van der Waals surface area contributed by atoms with Crippen LogP contribution in [0, 0.1) is 0 Å². The number of carbonyl (C=O) groups excluding carboxylic acids is 2. The maximum atomic E-state index is 13.1. The van der Waals surface area contributed by atoms with Gasteiger partial charge in [0.05, 0.1) is 38.2 Å². The number of carbonyl (C=O) groups is 2. The summed E-state index contributed by atoms with van der Waals surface area (Å²) in [7, 11) is 1.54. The number of hydrogen-bond donors (Lipinski definition) is 1. The highest BCUT2D eigenvalue weighted by molar-refractivity contribution is 6.14. The third-order valence-corrected chi connectivity index (χ3v) is 5.71. The fourth-order valence-electron chi connectivity index (χ4n) is 4.06. The van der Waals surface area contributed by atoms with Crippen LogP contribution >= 0.6 is 0 Å². The molecule has 8 heteroatoms. The topological polar surface area (TPSA) is 92.5 Å². The number of aliphatic hydroxyl groups is 1. The first-order valence-corrected chi connectivity index (χ1v) is 10.5. The van der Waals surface area contributed by atoms with Gasteiger partial charge in [0.15, 0.2) is 11.5 Å². The lowest BCUT2D eigenvalue weighted by Crippen LogP contribution is -2.43. The fourth-order valence-corrected chi connectivity index (χ4v) is 4.06. The number of hydrogen-bond acceptors (Lipinski definition) is 7. The minimum Gasteiger partial charge on any atom is -0.503 e. The predicted molar refractivity (Wildman–Crippen MR) is 117 cm³/mol. The van der Waals surface area contributed by atoms with Gasteiger partial charge in [-0.2, -0.15) is 0 Å². The number of methoxy groups -OCH3 is 1. The quantitative estimate of drug-likeness (QED) is 0.634. The Morgan fingerprint density at radius 2 is 1.97 bits per heavy atom. The monoisotopic (exact) mass is 438 g/mol. The number of rotatable bonds is 8. The van der Waals surface area contributed by atoms with E-state index in [0.717, 1.165) is 13.1 Å². The molecule has 2 aliphatic rings. The van der Waals surface area contributed by atoms with E-state index in [1.165, 1.54) is 30.4 Å². The van der Waals surface area contributed by atoms with E-state index in [-0.39, 0.29) is 5.57 Å². The van der Waals surface area contributed by atoms with E-state index in [9.17, 15) is 14.7 Å². The van der Waals surface area contributed by atoms with Crippen molar-refractivity contribution in [3.63, 3.8) is 0 Å². The summed E-state index contributed by atoms with van der Waals surface area (Å²) in [6.45, 7) is 3.81. The van der Waals surface area contributed by atoms with Crippen molar-refractivity contribution in [2.45, 2.75) is 6.04 Å². The second-order valence-corrected chi connectivity index (χ2v) is 7.57. The predicted octanol–water partition coefficient (Wildman–Crippen LogP) is 2.60. The zero-order valence-electron chi connectivity index (χ0n) is 17.9. The Morgan fingerprint density at radius 1 is 1.19 bits per heavy atom. The lowest BCUT2D eigenvalue weighted by molar-refractivity contribution is -0.129.